The lowest BCUT2D eigenvalue weighted by Crippen LogP contribution is -2.41. The molecule has 2 amide bonds. The van der Waals surface area contributed by atoms with Crippen LogP contribution in [0.4, 0.5) is 0 Å². The second kappa shape index (κ2) is 9.54. The Kier molecular flexibility index (Phi) is 6.84. The van der Waals surface area contributed by atoms with E-state index in [9.17, 15) is 9.59 Å². The SMILES string of the molecule is Cc1cc(C)cc(C(=O)NNC(=O)c2ccc(CSc3nc(C)cc(C)n3)cc2)c1. The number of nitrogens with zero attached hydrogens (tertiary/aromatic N) is 2. The maximum Gasteiger partial charge on any atom is 0.269 e. The lowest BCUT2D eigenvalue weighted by molar-refractivity contribution is 0.0846. The molecule has 7 heteroatoms. The van der Waals surface area contributed by atoms with Crippen LogP contribution in [0, 0.1) is 27.7 Å². The van der Waals surface area contributed by atoms with Gasteiger partial charge >= 0.3 is 0 Å². The highest BCUT2D eigenvalue weighted by Crippen LogP contribution is 2.20. The summed E-state index contributed by atoms with van der Waals surface area (Å²) < 4.78 is 0. The number of hydrazine groups is 1. The van der Waals surface area contributed by atoms with Crippen molar-refractivity contribution in [3.8, 4) is 0 Å². The zero-order chi connectivity index (χ0) is 21.7. The molecular formula is C23H24N4O2S. The van der Waals surface area contributed by atoms with Gasteiger partial charge in [-0.15, -0.1) is 0 Å². The number of amides is 2. The molecule has 0 fully saturated rings. The van der Waals surface area contributed by atoms with Gasteiger partial charge in [0.15, 0.2) is 5.16 Å². The second-order valence-electron chi connectivity index (χ2n) is 7.20. The van der Waals surface area contributed by atoms with Crippen LogP contribution in [0.2, 0.25) is 0 Å². The Bertz CT molecular complexity index is 1040. The Balaban J connectivity index is 1.55. The number of thioether (sulfide) groups is 1. The molecule has 0 aliphatic rings. The number of hydrogen-bond acceptors (Lipinski definition) is 5. The van der Waals surface area contributed by atoms with Gasteiger partial charge in [0.2, 0.25) is 0 Å². The lowest BCUT2D eigenvalue weighted by atomic mass is 10.1. The molecule has 0 bridgehead atoms. The minimum atomic E-state index is -0.371. The standard InChI is InChI=1S/C23H24N4O2S/c1-14-9-15(2)11-20(10-14)22(29)27-26-21(28)19-7-5-18(6-8-19)13-30-23-24-16(3)12-17(4)25-23/h5-12H,13H2,1-4H3,(H,26,28)(H,27,29). The van der Waals surface area contributed by atoms with E-state index >= 15 is 0 Å². The number of aromatic nitrogens is 2. The molecule has 154 valence electrons. The molecule has 3 aromatic rings. The first kappa shape index (κ1) is 21.5. The summed E-state index contributed by atoms with van der Waals surface area (Å²) in [6.45, 7) is 7.75. The first-order valence-electron chi connectivity index (χ1n) is 9.53. The van der Waals surface area contributed by atoms with Crippen molar-refractivity contribution in [1.29, 1.82) is 0 Å². The van der Waals surface area contributed by atoms with Gasteiger partial charge in [-0.25, -0.2) is 9.97 Å². The van der Waals surface area contributed by atoms with E-state index in [0.717, 1.165) is 33.2 Å². The lowest BCUT2D eigenvalue weighted by Gasteiger charge is -2.09. The number of benzene rings is 2. The van der Waals surface area contributed by atoms with Crippen LogP contribution in [0.3, 0.4) is 0 Å². The monoisotopic (exact) mass is 420 g/mol. The van der Waals surface area contributed by atoms with E-state index in [1.807, 2.05) is 52.0 Å². The molecule has 6 nitrogen and oxygen atoms in total. The smallest absolute Gasteiger partial charge is 0.267 e. The van der Waals surface area contributed by atoms with Crippen molar-refractivity contribution in [2.45, 2.75) is 38.6 Å². The number of nitrogens with one attached hydrogen (secondary N) is 2. The van der Waals surface area contributed by atoms with Crippen molar-refractivity contribution in [3.05, 3.63) is 87.7 Å². The van der Waals surface area contributed by atoms with Crippen LogP contribution in [-0.4, -0.2) is 21.8 Å². The molecule has 1 aromatic heterocycles. The summed E-state index contributed by atoms with van der Waals surface area (Å²) in [6.07, 6.45) is 0. The number of carbonyl (C=O) groups excluding carboxylic acids is 2. The molecule has 0 atom stereocenters. The highest BCUT2D eigenvalue weighted by atomic mass is 32.2. The molecule has 2 N–H and O–H groups in total. The van der Waals surface area contributed by atoms with Crippen molar-refractivity contribution in [3.63, 3.8) is 0 Å². The van der Waals surface area contributed by atoms with Crippen molar-refractivity contribution >= 4 is 23.6 Å². The Morgan fingerprint density at radius 3 is 1.87 bits per heavy atom. The summed E-state index contributed by atoms with van der Waals surface area (Å²) in [5.41, 5.74) is 10.8. The quantitative estimate of drug-likeness (QED) is 0.369. The molecule has 0 spiro atoms. The van der Waals surface area contributed by atoms with Crippen LogP contribution in [0.25, 0.3) is 0 Å². The predicted molar refractivity (Wildman–Crippen MR) is 118 cm³/mol. The minimum Gasteiger partial charge on any atom is -0.267 e. The highest BCUT2D eigenvalue weighted by Gasteiger charge is 2.10. The number of hydrogen-bond donors (Lipinski definition) is 2. The average Bonchev–Trinajstić information content (AvgIpc) is 2.69. The van der Waals surface area contributed by atoms with Gasteiger partial charge in [-0.1, -0.05) is 41.1 Å². The van der Waals surface area contributed by atoms with Gasteiger partial charge in [0, 0.05) is 28.3 Å². The molecule has 1 heterocycles. The van der Waals surface area contributed by atoms with E-state index in [-0.39, 0.29) is 11.8 Å². The first-order chi connectivity index (χ1) is 14.3. The largest absolute Gasteiger partial charge is 0.269 e. The zero-order valence-electron chi connectivity index (χ0n) is 17.4. The number of carbonyl (C=O) groups is 2. The second-order valence-corrected chi connectivity index (χ2v) is 8.15. The summed E-state index contributed by atoms with van der Waals surface area (Å²) >= 11 is 1.55. The normalized spacial score (nSPS) is 10.5. The molecular weight excluding hydrogens is 396 g/mol. The summed E-state index contributed by atoms with van der Waals surface area (Å²) in [7, 11) is 0. The van der Waals surface area contributed by atoms with Crippen LogP contribution in [-0.2, 0) is 5.75 Å². The van der Waals surface area contributed by atoms with E-state index < -0.39 is 0 Å². The number of rotatable bonds is 5. The Morgan fingerprint density at radius 2 is 1.30 bits per heavy atom. The molecule has 0 aliphatic carbocycles. The third-order valence-electron chi connectivity index (χ3n) is 4.32. The maximum absolute atomic E-state index is 12.3. The third kappa shape index (κ3) is 5.90. The Morgan fingerprint density at radius 1 is 0.767 bits per heavy atom. The third-order valence-corrected chi connectivity index (χ3v) is 5.24. The van der Waals surface area contributed by atoms with E-state index in [4.69, 9.17) is 0 Å². The Hall–Kier alpha value is -3.19. The van der Waals surface area contributed by atoms with E-state index in [1.54, 1.807) is 36.0 Å². The van der Waals surface area contributed by atoms with Gasteiger partial charge in [0.05, 0.1) is 0 Å². The molecule has 0 saturated carbocycles. The van der Waals surface area contributed by atoms with Crippen molar-refractivity contribution in [2.75, 3.05) is 0 Å². The van der Waals surface area contributed by atoms with Gasteiger partial charge in [-0.3, -0.25) is 20.4 Å². The fourth-order valence-corrected chi connectivity index (χ4v) is 3.93. The predicted octanol–water partition coefficient (Wildman–Crippen LogP) is 4.08. The van der Waals surface area contributed by atoms with Crippen molar-refractivity contribution in [2.24, 2.45) is 0 Å². The Labute approximate surface area is 180 Å². The van der Waals surface area contributed by atoms with E-state index in [0.29, 0.717) is 16.9 Å². The fourth-order valence-electron chi connectivity index (χ4n) is 3.02. The summed E-state index contributed by atoms with van der Waals surface area (Å²) in [4.78, 5) is 33.4. The van der Waals surface area contributed by atoms with Gasteiger partial charge in [-0.2, -0.15) is 0 Å². The average molecular weight is 421 g/mol. The van der Waals surface area contributed by atoms with Crippen LogP contribution in [0.1, 0.15) is 48.8 Å². The van der Waals surface area contributed by atoms with Crippen molar-refractivity contribution in [1.82, 2.24) is 20.8 Å². The number of aryl methyl sites for hydroxylation is 4. The summed E-state index contributed by atoms with van der Waals surface area (Å²) in [5, 5.41) is 0.739. The van der Waals surface area contributed by atoms with Gasteiger partial charge < -0.3 is 0 Å². The maximum atomic E-state index is 12.3. The van der Waals surface area contributed by atoms with Crippen LogP contribution in [0.15, 0.2) is 53.7 Å². The topological polar surface area (TPSA) is 84.0 Å². The molecule has 30 heavy (non-hydrogen) atoms. The van der Waals surface area contributed by atoms with Gasteiger partial charge in [0.1, 0.15) is 0 Å². The van der Waals surface area contributed by atoms with Crippen LogP contribution in [0.5, 0.6) is 0 Å². The minimum absolute atomic E-state index is 0.350. The molecule has 0 unspecified atom stereocenters. The van der Waals surface area contributed by atoms with E-state index in [2.05, 4.69) is 20.8 Å². The fraction of sp³-hybridized carbons (Fsp3) is 0.217. The van der Waals surface area contributed by atoms with Gasteiger partial charge in [0.25, 0.3) is 11.8 Å². The molecule has 0 radical (unpaired) electrons. The summed E-state index contributed by atoms with van der Waals surface area (Å²) in [6, 6.07) is 14.7. The molecule has 3 rings (SSSR count). The first-order valence-corrected chi connectivity index (χ1v) is 10.5. The van der Waals surface area contributed by atoms with Crippen molar-refractivity contribution < 1.29 is 9.59 Å². The summed E-state index contributed by atoms with van der Waals surface area (Å²) in [5.74, 6) is -0.0185. The highest BCUT2D eigenvalue weighted by molar-refractivity contribution is 7.98. The van der Waals surface area contributed by atoms with Crippen LogP contribution >= 0.6 is 11.8 Å². The molecule has 0 saturated heterocycles. The molecule has 0 aliphatic heterocycles. The zero-order valence-corrected chi connectivity index (χ0v) is 18.3. The van der Waals surface area contributed by atoms with Crippen LogP contribution < -0.4 is 10.9 Å². The molecule has 2 aromatic carbocycles. The van der Waals surface area contributed by atoms with E-state index in [1.165, 1.54) is 0 Å². The van der Waals surface area contributed by atoms with Gasteiger partial charge in [-0.05, 0) is 63.6 Å².